The summed E-state index contributed by atoms with van der Waals surface area (Å²) in [6.45, 7) is 18.3. The lowest BCUT2D eigenvalue weighted by Crippen LogP contribution is -2.41. The van der Waals surface area contributed by atoms with Crippen LogP contribution in [0.1, 0.15) is 115 Å². The SMILES string of the molecule is CC(C)(C)CCc1ccc(CCC2CC3CC34CN(c3nc(C(C)(C)C)ccc3C(=O)NS(=O)(=O)c3cccc(n3)N2)C(C)(C)C4)nc1. The number of nitrogens with zero attached hydrogens (tertiary/aromatic N) is 4. The van der Waals surface area contributed by atoms with Crippen molar-refractivity contribution in [2.24, 2.45) is 16.7 Å². The molecule has 3 aromatic heterocycles. The van der Waals surface area contributed by atoms with E-state index in [0.717, 1.165) is 62.9 Å². The Bertz CT molecular complexity index is 1790. The van der Waals surface area contributed by atoms with Gasteiger partial charge >= 0.3 is 0 Å². The lowest BCUT2D eigenvalue weighted by Gasteiger charge is -2.34. The van der Waals surface area contributed by atoms with E-state index in [1.807, 2.05) is 12.3 Å². The summed E-state index contributed by atoms with van der Waals surface area (Å²) in [5.41, 5.74) is 3.29. The third kappa shape index (κ3) is 7.38. The van der Waals surface area contributed by atoms with Crippen molar-refractivity contribution < 1.29 is 13.2 Å². The molecule has 0 aromatic carbocycles. The van der Waals surface area contributed by atoms with Crippen molar-refractivity contribution in [3.63, 3.8) is 0 Å². The van der Waals surface area contributed by atoms with Crippen LogP contribution in [0.4, 0.5) is 11.6 Å². The van der Waals surface area contributed by atoms with Gasteiger partial charge in [-0.15, -0.1) is 0 Å². The number of sulfonamides is 1. The average Bonchev–Trinajstić information content (AvgIpc) is 3.56. The maximum absolute atomic E-state index is 13.8. The number of carbonyl (C=O) groups is 1. The first kappa shape index (κ1) is 34.3. The van der Waals surface area contributed by atoms with E-state index < -0.39 is 15.9 Å². The molecule has 6 rings (SSSR count). The van der Waals surface area contributed by atoms with Crippen LogP contribution in [0.5, 0.6) is 0 Å². The molecule has 10 heteroatoms. The second kappa shape index (κ2) is 12.1. The van der Waals surface area contributed by atoms with E-state index in [0.29, 0.717) is 17.6 Å². The van der Waals surface area contributed by atoms with Gasteiger partial charge in [0, 0.05) is 41.1 Å². The van der Waals surface area contributed by atoms with Gasteiger partial charge in [-0.2, -0.15) is 8.42 Å². The molecule has 2 N–H and O–H groups in total. The minimum atomic E-state index is -4.25. The summed E-state index contributed by atoms with van der Waals surface area (Å²) in [6, 6.07) is 12.9. The summed E-state index contributed by atoms with van der Waals surface area (Å²) in [5, 5.41) is 3.39. The zero-order chi connectivity index (χ0) is 34.7. The largest absolute Gasteiger partial charge is 0.367 e. The number of rotatable bonds is 5. The zero-order valence-corrected chi connectivity index (χ0v) is 30.7. The standard InChI is InChI=1S/C38H52N6O3S/c1-35(2,3)19-18-25-12-13-27(39-22-25)14-15-28-20-26-21-38(26)23-37(7,8)44(24-38)33-29(16-17-30(41-33)36(4,5)6)34(45)43-48(46,47)32-11-9-10-31(40-28)42-32/h9-13,16-17,22,26,28H,14-15,18-21,23-24H2,1-8H3,(H,40,42)(H,43,45). The lowest BCUT2D eigenvalue weighted by molar-refractivity contribution is 0.0981. The molecule has 1 saturated carbocycles. The molecular weight excluding hydrogens is 621 g/mol. The highest BCUT2D eigenvalue weighted by Gasteiger charge is 2.62. The lowest BCUT2D eigenvalue weighted by atomic mass is 9.89. The average molecular weight is 673 g/mol. The van der Waals surface area contributed by atoms with E-state index in [9.17, 15) is 13.2 Å². The summed E-state index contributed by atoms with van der Waals surface area (Å²) in [5.74, 6) is 0.806. The highest BCUT2D eigenvalue weighted by Crippen LogP contribution is 2.65. The van der Waals surface area contributed by atoms with Gasteiger partial charge in [0.2, 0.25) is 0 Å². The number of pyridine rings is 3. The summed E-state index contributed by atoms with van der Waals surface area (Å²) >= 11 is 0. The van der Waals surface area contributed by atoms with Gasteiger partial charge in [-0.25, -0.2) is 14.7 Å². The number of hydrogen-bond donors (Lipinski definition) is 2. The molecule has 3 unspecified atom stereocenters. The van der Waals surface area contributed by atoms with E-state index in [1.165, 1.54) is 11.6 Å². The van der Waals surface area contributed by atoms with Crippen molar-refractivity contribution in [2.75, 3.05) is 16.8 Å². The Balaban J connectivity index is 1.32. The topological polar surface area (TPSA) is 117 Å². The predicted molar refractivity (Wildman–Crippen MR) is 191 cm³/mol. The number of aromatic nitrogens is 3. The van der Waals surface area contributed by atoms with Crippen molar-refractivity contribution in [3.05, 3.63) is 71.2 Å². The van der Waals surface area contributed by atoms with Gasteiger partial charge in [0.05, 0.1) is 5.56 Å². The van der Waals surface area contributed by atoms with Crippen LogP contribution in [0.25, 0.3) is 0 Å². The maximum atomic E-state index is 13.8. The van der Waals surface area contributed by atoms with Gasteiger partial charge in [-0.1, -0.05) is 53.7 Å². The normalized spacial score (nSPS) is 24.8. The fourth-order valence-electron chi connectivity index (χ4n) is 7.60. The Labute approximate surface area is 286 Å². The molecular formula is C38H52N6O3S. The van der Waals surface area contributed by atoms with Gasteiger partial charge in [0.1, 0.15) is 11.6 Å². The number of hydrogen-bond acceptors (Lipinski definition) is 8. The van der Waals surface area contributed by atoms with Crippen molar-refractivity contribution in [1.29, 1.82) is 0 Å². The van der Waals surface area contributed by atoms with Gasteiger partial charge in [0.25, 0.3) is 15.9 Å². The molecule has 5 heterocycles. The Hall–Kier alpha value is -3.53. The molecule has 1 aliphatic carbocycles. The van der Waals surface area contributed by atoms with Crippen molar-refractivity contribution in [3.8, 4) is 0 Å². The number of nitrogens with one attached hydrogen (secondary N) is 2. The van der Waals surface area contributed by atoms with Gasteiger partial charge < -0.3 is 10.2 Å². The van der Waals surface area contributed by atoms with Gasteiger partial charge in [-0.3, -0.25) is 9.78 Å². The number of carbonyl (C=O) groups excluding carboxylic acids is 1. The van der Waals surface area contributed by atoms with Crippen LogP contribution >= 0.6 is 0 Å². The highest BCUT2D eigenvalue weighted by molar-refractivity contribution is 7.90. The van der Waals surface area contributed by atoms with Crippen LogP contribution in [-0.2, 0) is 28.3 Å². The molecule has 1 saturated heterocycles. The summed E-state index contributed by atoms with van der Waals surface area (Å²) in [7, 11) is -4.25. The smallest absolute Gasteiger partial charge is 0.281 e. The Morgan fingerprint density at radius 3 is 2.44 bits per heavy atom. The molecule has 48 heavy (non-hydrogen) atoms. The van der Waals surface area contributed by atoms with Crippen LogP contribution in [-0.4, -0.2) is 47.4 Å². The highest BCUT2D eigenvalue weighted by atomic mass is 32.2. The van der Waals surface area contributed by atoms with Crippen LogP contribution in [0.3, 0.4) is 0 Å². The zero-order valence-electron chi connectivity index (χ0n) is 29.9. The molecule has 4 bridgehead atoms. The monoisotopic (exact) mass is 672 g/mol. The molecule has 0 radical (unpaired) electrons. The van der Waals surface area contributed by atoms with Crippen LogP contribution < -0.4 is 14.9 Å². The second-order valence-electron chi connectivity index (χ2n) is 17.3. The van der Waals surface area contributed by atoms with E-state index in [1.54, 1.807) is 18.2 Å². The molecule has 3 aliphatic rings. The van der Waals surface area contributed by atoms with Crippen molar-refractivity contribution in [1.82, 2.24) is 19.7 Å². The Kier molecular flexibility index (Phi) is 8.66. The number of anilines is 2. The predicted octanol–water partition coefficient (Wildman–Crippen LogP) is 7.08. The third-order valence-corrected chi connectivity index (χ3v) is 11.7. The summed E-state index contributed by atoms with van der Waals surface area (Å²) < 4.78 is 29.4. The second-order valence-corrected chi connectivity index (χ2v) is 18.9. The van der Waals surface area contributed by atoms with Gasteiger partial charge in [0.15, 0.2) is 5.03 Å². The van der Waals surface area contributed by atoms with E-state index >= 15 is 0 Å². The fourth-order valence-corrected chi connectivity index (χ4v) is 8.53. The molecule has 2 aliphatic heterocycles. The minimum Gasteiger partial charge on any atom is -0.367 e. The molecule has 258 valence electrons. The number of amides is 1. The number of aryl methyl sites for hydroxylation is 2. The first-order valence-electron chi connectivity index (χ1n) is 17.4. The molecule has 3 atom stereocenters. The van der Waals surface area contributed by atoms with E-state index in [4.69, 9.17) is 9.97 Å². The van der Waals surface area contributed by atoms with Crippen LogP contribution in [0, 0.1) is 16.7 Å². The molecule has 9 nitrogen and oxygen atoms in total. The van der Waals surface area contributed by atoms with Crippen LogP contribution in [0.2, 0.25) is 0 Å². The minimum absolute atomic E-state index is 0.0667. The van der Waals surface area contributed by atoms with Gasteiger partial charge in [-0.05, 0) is 111 Å². The third-order valence-electron chi connectivity index (χ3n) is 10.4. The quantitative estimate of drug-likeness (QED) is 0.296. The summed E-state index contributed by atoms with van der Waals surface area (Å²) in [4.78, 5) is 30.4. The Morgan fingerprint density at radius 2 is 1.75 bits per heavy atom. The van der Waals surface area contributed by atoms with E-state index in [-0.39, 0.29) is 38.4 Å². The van der Waals surface area contributed by atoms with Crippen molar-refractivity contribution in [2.45, 2.75) is 122 Å². The Morgan fingerprint density at radius 1 is 0.979 bits per heavy atom. The first-order chi connectivity index (χ1) is 22.3. The summed E-state index contributed by atoms with van der Waals surface area (Å²) in [6.07, 6.45) is 8.79. The van der Waals surface area contributed by atoms with Crippen LogP contribution in [0.15, 0.2) is 53.7 Å². The first-order valence-corrected chi connectivity index (χ1v) is 18.9. The molecule has 1 spiro atoms. The van der Waals surface area contributed by atoms with E-state index in [2.05, 4.69) is 87.4 Å². The maximum Gasteiger partial charge on any atom is 0.281 e. The molecule has 2 fully saturated rings. The number of fused-ring (bicyclic) bond motifs is 5. The molecule has 1 amide bonds. The fraction of sp³-hybridized carbons (Fsp3) is 0.579. The van der Waals surface area contributed by atoms with Crippen molar-refractivity contribution >= 4 is 27.6 Å². The molecule has 3 aromatic rings.